The van der Waals surface area contributed by atoms with E-state index in [0.29, 0.717) is 19.2 Å². The summed E-state index contributed by atoms with van der Waals surface area (Å²) >= 11 is 4.31. The average Bonchev–Trinajstić information content (AvgIpc) is 2.73. The van der Waals surface area contributed by atoms with E-state index in [1.165, 1.54) is 23.5 Å². The van der Waals surface area contributed by atoms with Crippen LogP contribution in [0.3, 0.4) is 0 Å². The van der Waals surface area contributed by atoms with Crippen LogP contribution < -0.4 is 14.8 Å². The number of ketones is 1. The lowest BCUT2D eigenvalue weighted by Crippen LogP contribution is -2.22. The summed E-state index contributed by atoms with van der Waals surface area (Å²) in [5.74, 6) is -0.414. The highest BCUT2D eigenvalue weighted by atomic mass is 79.9. The lowest BCUT2D eigenvalue weighted by Gasteiger charge is -2.12. The van der Waals surface area contributed by atoms with E-state index in [1.807, 2.05) is 20.8 Å². The number of thiazole rings is 1. The molecule has 1 aromatic carbocycles. The number of carbonyl (C=O) groups is 1. The molecule has 0 unspecified atom stereocenters. The Balaban J connectivity index is 2.48. The second kappa shape index (κ2) is 6.30. The van der Waals surface area contributed by atoms with Gasteiger partial charge in [0.05, 0.1) is 13.7 Å². The first-order chi connectivity index (χ1) is 10.2. The predicted molar refractivity (Wildman–Crippen MR) is 90.8 cm³/mol. The minimum absolute atomic E-state index is 0.0546. The molecule has 0 fully saturated rings. The Morgan fingerprint density at radius 2 is 2.05 bits per heavy atom. The van der Waals surface area contributed by atoms with Crippen LogP contribution >= 0.6 is 27.3 Å². The summed E-state index contributed by atoms with van der Waals surface area (Å²) in [7, 11) is 0. The van der Waals surface area contributed by atoms with Crippen molar-refractivity contribution in [1.82, 2.24) is 4.98 Å². The number of benzene rings is 1. The van der Waals surface area contributed by atoms with Crippen molar-refractivity contribution in [3.63, 3.8) is 0 Å². The number of nitrogens with one attached hydrogen (secondary N) is 1. The van der Waals surface area contributed by atoms with Gasteiger partial charge in [-0.2, -0.15) is 0 Å². The second-order valence-corrected chi connectivity index (χ2v) is 7.80. The van der Waals surface area contributed by atoms with Crippen molar-refractivity contribution in [3.05, 3.63) is 53.6 Å². The van der Waals surface area contributed by atoms with E-state index >= 15 is 0 Å². The van der Waals surface area contributed by atoms with Crippen LogP contribution in [0.5, 0.6) is 0 Å². The van der Waals surface area contributed by atoms with Gasteiger partial charge in [0.25, 0.3) is 5.56 Å². The minimum atomic E-state index is -0.493. The molecule has 3 nitrogen and oxygen atoms in total. The molecular weight excluding hydrogens is 369 g/mol. The highest BCUT2D eigenvalue weighted by molar-refractivity contribution is 9.10. The number of aromatic amines is 1. The molecule has 6 heteroatoms. The van der Waals surface area contributed by atoms with Gasteiger partial charge in [0, 0.05) is 11.5 Å². The topological polar surface area (TPSA) is 49.9 Å². The van der Waals surface area contributed by atoms with Gasteiger partial charge in [-0.15, -0.1) is 11.3 Å². The summed E-state index contributed by atoms with van der Waals surface area (Å²) in [5.41, 5.74) is -0.0558. The molecule has 2 aromatic rings. The Morgan fingerprint density at radius 3 is 2.64 bits per heavy atom. The van der Waals surface area contributed by atoms with Gasteiger partial charge >= 0.3 is 0 Å². The highest BCUT2D eigenvalue weighted by Crippen LogP contribution is 2.17. The van der Waals surface area contributed by atoms with Crippen molar-refractivity contribution in [1.29, 1.82) is 0 Å². The lowest BCUT2D eigenvalue weighted by molar-refractivity contribution is -0.119. The fourth-order valence-electron chi connectivity index (χ4n) is 1.61. The molecular formula is C16H15BrFNO2S. The maximum Gasteiger partial charge on any atom is 0.266 e. The molecule has 1 N–H and O–H groups in total. The van der Waals surface area contributed by atoms with Crippen molar-refractivity contribution in [3.8, 4) is 0 Å². The third-order valence-corrected chi connectivity index (χ3v) is 4.49. The van der Waals surface area contributed by atoms with Gasteiger partial charge in [-0.25, -0.2) is 4.39 Å². The molecule has 0 spiro atoms. The minimum Gasteiger partial charge on any atom is -0.313 e. The van der Waals surface area contributed by atoms with Crippen LogP contribution in [0.15, 0.2) is 27.5 Å². The molecule has 0 aliphatic heterocycles. The summed E-state index contributed by atoms with van der Waals surface area (Å²) in [5, 5.41) is 0. The first-order valence-corrected chi connectivity index (χ1v) is 8.20. The van der Waals surface area contributed by atoms with Crippen molar-refractivity contribution < 1.29 is 9.18 Å². The number of aromatic nitrogens is 1. The summed E-state index contributed by atoms with van der Waals surface area (Å²) in [6, 6.07) is 4.51. The molecule has 22 heavy (non-hydrogen) atoms. The van der Waals surface area contributed by atoms with E-state index in [0.717, 1.165) is 0 Å². The summed E-state index contributed by atoms with van der Waals surface area (Å²) in [4.78, 5) is 26.6. The number of H-pyrrole nitrogens is 1. The van der Waals surface area contributed by atoms with Crippen LogP contribution in [0.25, 0.3) is 12.2 Å². The zero-order chi connectivity index (χ0) is 16.5. The first kappa shape index (κ1) is 16.8. The van der Waals surface area contributed by atoms with Gasteiger partial charge in [0.2, 0.25) is 0 Å². The Kier molecular flexibility index (Phi) is 4.82. The fraction of sp³-hybridized carbons (Fsp3) is 0.250. The Hall–Kier alpha value is -1.53. The Morgan fingerprint density at radius 1 is 1.36 bits per heavy atom. The third-order valence-electron chi connectivity index (χ3n) is 2.92. The van der Waals surface area contributed by atoms with Crippen molar-refractivity contribution in [2.45, 2.75) is 20.8 Å². The lowest BCUT2D eigenvalue weighted by atomic mass is 9.91. The van der Waals surface area contributed by atoms with E-state index in [1.54, 1.807) is 18.2 Å². The first-order valence-electron chi connectivity index (χ1n) is 6.59. The molecule has 0 atom stereocenters. The maximum atomic E-state index is 13.2. The molecule has 0 aliphatic rings. The molecule has 0 aliphatic carbocycles. The van der Waals surface area contributed by atoms with Gasteiger partial charge in [0.1, 0.15) is 5.82 Å². The van der Waals surface area contributed by atoms with Crippen LogP contribution in [0.4, 0.5) is 4.39 Å². The predicted octanol–water partition coefficient (Wildman–Crippen LogP) is 2.56. The molecule has 0 saturated heterocycles. The number of hydrogen-bond donors (Lipinski definition) is 1. The largest absolute Gasteiger partial charge is 0.313 e. The Bertz CT molecular complexity index is 890. The van der Waals surface area contributed by atoms with Gasteiger partial charge in [0.15, 0.2) is 5.78 Å². The smallest absolute Gasteiger partial charge is 0.266 e. The number of carbonyl (C=O) groups excluding carboxylic acids is 1. The maximum absolute atomic E-state index is 13.2. The number of rotatable bonds is 2. The molecule has 2 rings (SSSR count). The third kappa shape index (κ3) is 4.01. The number of halogens is 2. The monoisotopic (exact) mass is 383 g/mol. The molecule has 116 valence electrons. The van der Waals surface area contributed by atoms with E-state index < -0.39 is 5.41 Å². The van der Waals surface area contributed by atoms with Crippen LogP contribution in [-0.2, 0) is 4.79 Å². The molecule has 0 amide bonds. The second-order valence-electron chi connectivity index (χ2n) is 5.86. The summed E-state index contributed by atoms with van der Waals surface area (Å²) in [6.45, 7) is 5.46. The summed E-state index contributed by atoms with van der Waals surface area (Å²) < 4.78 is 14.5. The van der Waals surface area contributed by atoms with Gasteiger partial charge in [-0.1, -0.05) is 26.8 Å². The zero-order valence-electron chi connectivity index (χ0n) is 12.4. The van der Waals surface area contributed by atoms with Crippen molar-refractivity contribution in [2.24, 2.45) is 5.41 Å². The zero-order valence-corrected chi connectivity index (χ0v) is 14.8. The van der Waals surface area contributed by atoms with Gasteiger partial charge < -0.3 is 4.98 Å². The standard InChI is InChI=1S/C16H15BrFNO2S/c1-16(2,3)13(20)8-14-19-15(21)12(22-14)7-9-4-5-11(18)10(17)6-9/h4-8H,1-3H3,(H,19,21)/b12-7+,14-8+. The van der Waals surface area contributed by atoms with Crippen molar-refractivity contribution in [2.75, 3.05) is 0 Å². The van der Waals surface area contributed by atoms with Gasteiger partial charge in [-0.3, -0.25) is 9.59 Å². The number of hydrogen-bond acceptors (Lipinski definition) is 3. The van der Waals surface area contributed by atoms with Crippen LogP contribution in [0.2, 0.25) is 0 Å². The van der Waals surface area contributed by atoms with E-state index in [-0.39, 0.29) is 17.2 Å². The normalized spacial score (nSPS) is 13.7. The average molecular weight is 384 g/mol. The molecule has 1 heterocycles. The molecule has 0 radical (unpaired) electrons. The van der Waals surface area contributed by atoms with Crippen molar-refractivity contribution >= 4 is 45.2 Å². The molecule has 0 saturated carbocycles. The molecule has 1 aromatic heterocycles. The SMILES string of the molecule is CC(C)(C)C(=O)/C=c1\[nH]c(=O)/c(=C\c2ccc(F)c(Br)c2)s1. The highest BCUT2D eigenvalue weighted by Gasteiger charge is 2.18. The summed E-state index contributed by atoms with van der Waals surface area (Å²) in [6.07, 6.45) is 3.11. The number of Topliss-reactive ketones (excluding diaryl/α,β-unsaturated/α-hetero) is 1. The van der Waals surface area contributed by atoms with E-state index in [4.69, 9.17) is 0 Å². The van der Waals surface area contributed by atoms with Crippen LogP contribution in [-0.4, -0.2) is 10.8 Å². The Labute approximate surface area is 139 Å². The quantitative estimate of drug-likeness (QED) is 0.866. The fourth-order valence-corrected chi connectivity index (χ4v) is 2.90. The van der Waals surface area contributed by atoms with Gasteiger partial charge in [-0.05, 0) is 39.7 Å². The van der Waals surface area contributed by atoms with Crippen LogP contribution in [0.1, 0.15) is 26.3 Å². The van der Waals surface area contributed by atoms with E-state index in [9.17, 15) is 14.0 Å². The molecule has 0 bridgehead atoms. The van der Waals surface area contributed by atoms with Crippen LogP contribution in [0, 0.1) is 11.2 Å². The van der Waals surface area contributed by atoms with E-state index in [2.05, 4.69) is 20.9 Å².